The average molecular weight is 1310 g/mol. The van der Waals surface area contributed by atoms with Crippen LogP contribution in [0.4, 0.5) is 0 Å². The minimum Gasteiger partial charge on any atom is -0.462 e. The van der Waals surface area contributed by atoms with Crippen LogP contribution in [-0.2, 0) is 65.4 Å². The monoisotopic (exact) mass is 1310 g/mol. The van der Waals surface area contributed by atoms with E-state index < -0.39 is 97.5 Å². The summed E-state index contributed by atoms with van der Waals surface area (Å²) in [7, 11) is -9.89. The van der Waals surface area contributed by atoms with Gasteiger partial charge in [0.15, 0.2) is 12.2 Å². The molecule has 19 heteroatoms. The van der Waals surface area contributed by atoms with Crippen molar-refractivity contribution in [1.29, 1.82) is 0 Å². The second-order valence-corrected chi connectivity index (χ2v) is 28.7. The molecule has 0 rings (SSSR count). The lowest BCUT2D eigenvalue weighted by Gasteiger charge is -2.21. The van der Waals surface area contributed by atoms with Gasteiger partial charge in [-0.3, -0.25) is 37.3 Å². The van der Waals surface area contributed by atoms with Gasteiger partial charge in [0.25, 0.3) is 0 Å². The van der Waals surface area contributed by atoms with Crippen molar-refractivity contribution in [3.8, 4) is 0 Å². The van der Waals surface area contributed by atoms with E-state index in [1.54, 1.807) is 0 Å². The number of phosphoric ester groups is 2. The molecule has 0 heterocycles. The zero-order valence-corrected chi connectivity index (χ0v) is 59.4. The Hall–Kier alpha value is -1.94. The van der Waals surface area contributed by atoms with Gasteiger partial charge in [-0.1, -0.05) is 311 Å². The highest BCUT2D eigenvalue weighted by molar-refractivity contribution is 7.47. The van der Waals surface area contributed by atoms with Crippen LogP contribution in [0.25, 0.3) is 0 Å². The molecule has 3 N–H and O–H groups in total. The standard InChI is InChI=1S/C70H136O17P2/c1-6-9-12-15-18-20-22-23-24-25-28-31-35-39-44-49-54-68(73)81-60-66(87-70(75)56-51-46-41-36-32-29-26-27-30-33-38-42-47-52-63(4)5)62-85-89(78,79)83-58-64(71)57-82-88(76,77)84-61-65(59-80-67(72)53-48-43-37-17-14-11-8-3)86-69(74)55-50-45-40-34-21-19-16-13-10-7-2/h63-66,71H,6-62H2,1-5H3,(H,76,77)(H,78,79)/t64-,65+,66+/m0/s1. The number of aliphatic hydroxyl groups is 1. The fourth-order valence-electron chi connectivity index (χ4n) is 10.6. The molecule has 17 nitrogen and oxygen atoms in total. The van der Waals surface area contributed by atoms with E-state index in [0.717, 1.165) is 109 Å². The van der Waals surface area contributed by atoms with Crippen molar-refractivity contribution >= 4 is 39.5 Å². The third-order valence-electron chi connectivity index (χ3n) is 16.3. The Morgan fingerprint density at radius 1 is 0.303 bits per heavy atom. The minimum atomic E-state index is -4.95. The number of carbonyl (C=O) groups is 4. The summed E-state index contributed by atoms with van der Waals surface area (Å²) in [5, 5.41) is 10.6. The van der Waals surface area contributed by atoms with Gasteiger partial charge in [0, 0.05) is 25.7 Å². The molecule has 5 atom stereocenters. The highest BCUT2D eigenvalue weighted by Crippen LogP contribution is 2.45. The molecule has 0 spiro atoms. The van der Waals surface area contributed by atoms with E-state index in [0.29, 0.717) is 25.7 Å². The van der Waals surface area contributed by atoms with Gasteiger partial charge < -0.3 is 33.8 Å². The van der Waals surface area contributed by atoms with Crippen molar-refractivity contribution in [2.24, 2.45) is 5.92 Å². The molecule has 0 aromatic rings. The summed E-state index contributed by atoms with van der Waals surface area (Å²) in [4.78, 5) is 72.4. The summed E-state index contributed by atoms with van der Waals surface area (Å²) < 4.78 is 68.2. The number of hydrogen-bond acceptors (Lipinski definition) is 15. The van der Waals surface area contributed by atoms with Gasteiger partial charge in [-0.25, -0.2) is 9.13 Å². The molecule has 0 fully saturated rings. The average Bonchev–Trinajstić information content (AvgIpc) is 3.51. The summed E-state index contributed by atoms with van der Waals surface area (Å²) in [6.07, 6.45) is 50.0. The summed E-state index contributed by atoms with van der Waals surface area (Å²) in [6, 6.07) is 0. The van der Waals surface area contributed by atoms with Crippen molar-refractivity contribution in [2.45, 2.75) is 380 Å². The predicted octanol–water partition coefficient (Wildman–Crippen LogP) is 20.1. The summed E-state index contributed by atoms with van der Waals surface area (Å²) in [6.45, 7) is 7.22. The molecule has 528 valence electrons. The fraction of sp³-hybridized carbons (Fsp3) is 0.943. The summed E-state index contributed by atoms with van der Waals surface area (Å²) in [5.41, 5.74) is 0. The Bertz CT molecular complexity index is 1720. The molecule has 2 unspecified atom stereocenters. The molecule has 0 aromatic carbocycles. The van der Waals surface area contributed by atoms with Crippen LogP contribution >= 0.6 is 15.6 Å². The van der Waals surface area contributed by atoms with Gasteiger partial charge in [-0.05, 0) is 31.6 Å². The van der Waals surface area contributed by atoms with Crippen molar-refractivity contribution < 1.29 is 80.2 Å². The summed E-state index contributed by atoms with van der Waals surface area (Å²) >= 11 is 0. The Labute approximate surface area is 543 Å². The highest BCUT2D eigenvalue weighted by Gasteiger charge is 2.30. The predicted molar refractivity (Wildman–Crippen MR) is 358 cm³/mol. The Balaban J connectivity index is 5.19. The number of phosphoric acid groups is 2. The van der Waals surface area contributed by atoms with Crippen LogP contribution < -0.4 is 0 Å². The lowest BCUT2D eigenvalue weighted by atomic mass is 10.0. The van der Waals surface area contributed by atoms with Crippen molar-refractivity contribution in [2.75, 3.05) is 39.6 Å². The Kier molecular flexibility index (Phi) is 62.1. The van der Waals surface area contributed by atoms with E-state index in [2.05, 4.69) is 34.6 Å². The zero-order chi connectivity index (χ0) is 65.6. The van der Waals surface area contributed by atoms with Crippen LogP contribution in [0.3, 0.4) is 0 Å². The second-order valence-electron chi connectivity index (χ2n) is 25.7. The molecule has 0 bridgehead atoms. The number of ether oxygens (including phenoxy) is 4. The smallest absolute Gasteiger partial charge is 0.462 e. The van der Waals surface area contributed by atoms with E-state index in [1.165, 1.54) is 173 Å². The Morgan fingerprint density at radius 3 is 0.764 bits per heavy atom. The normalized spacial score (nSPS) is 14.1. The van der Waals surface area contributed by atoms with Gasteiger partial charge in [-0.2, -0.15) is 0 Å². The third kappa shape index (κ3) is 64.6. The van der Waals surface area contributed by atoms with Crippen LogP contribution in [0.1, 0.15) is 362 Å². The van der Waals surface area contributed by atoms with E-state index in [-0.39, 0.29) is 25.7 Å². The number of rotatable bonds is 70. The second kappa shape index (κ2) is 63.5. The Morgan fingerprint density at radius 2 is 0.517 bits per heavy atom. The van der Waals surface area contributed by atoms with Gasteiger partial charge in [0.2, 0.25) is 0 Å². The minimum absolute atomic E-state index is 0.106. The first kappa shape index (κ1) is 87.1. The lowest BCUT2D eigenvalue weighted by Crippen LogP contribution is -2.30. The first-order valence-electron chi connectivity index (χ1n) is 36.6. The van der Waals surface area contributed by atoms with Crippen molar-refractivity contribution in [3.63, 3.8) is 0 Å². The van der Waals surface area contributed by atoms with Gasteiger partial charge >= 0.3 is 39.5 Å². The third-order valence-corrected chi connectivity index (χ3v) is 18.2. The number of unbranched alkanes of at least 4 members (excludes halogenated alkanes) is 42. The topological polar surface area (TPSA) is 237 Å². The molecule has 0 amide bonds. The van der Waals surface area contributed by atoms with Crippen molar-refractivity contribution in [3.05, 3.63) is 0 Å². The van der Waals surface area contributed by atoms with Crippen molar-refractivity contribution in [1.82, 2.24) is 0 Å². The van der Waals surface area contributed by atoms with Crippen LogP contribution in [0, 0.1) is 5.92 Å². The van der Waals surface area contributed by atoms with Crippen LogP contribution in [-0.4, -0.2) is 96.7 Å². The molecule has 0 aliphatic carbocycles. The first-order chi connectivity index (χ1) is 43.0. The molecule has 0 saturated heterocycles. The quantitative estimate of drug-likeness (QED) is 0.0222. The highest BCUT2D eigenvalue weighted by atomic mass is 31.2. The van der Waals surface area contributed by atoms with Crippen LogP contribution in [0.5, 0.6) is 0 Å². The molecule has 89 heavy (non-hydrogen) atoms. The zero-order valence-electron chi connectivity index (χ0n) is 57.6. The molecule has 0 radical (unpaired) electrons. The maximum absolute atomic E-state index is 13.0. The number of carbonyl (C=O) groups excluding carboxylic acids is 4. The SMILES string of the molecule is CCCCCCCCCCCCCCCCCCC(=O)OC[C@H](COP(=O)(O)OC[C@@H](O)COP(=O)(O)OC[C@@H](COC(=O)CCCCCCCCC)OC(=O)CCCCCCCCCCCC)OC(=O)CCCCCCCCCCCCCCCC(C)C. The molecule has 0 aliphatic rings. The van der Waals surface area contributed by atoms with Crippen LogP contribution in [0.15, 0.2) is 0 Å². The molecular weight excluding hydrogens is 1170 g/mol. The largest absolute Gasteiger partial charge is 0.472 e. The van der Waals surface area contributed by atoms with Gasteiger partial charge in [0.05, 0.1) is 26.4 Å². The van der Waals surface area contributed by atoms with Crippen LogP contribution in [0.2, 0.25) is 0 Å². The number of esters is 4. The number of aliphatic hydroxyl groups excluding tert-OH is 1. The molecule has 0 aromatic heterocycles. The lowest BCUT2D eigenvalue weighted by molar-refractivity contribution is -0.161. The van der Waals surface area contributed by atoms with E-state index in [9.17, 15) is 43.2 Å². The first-order valence-corrected chi connectivity index (χ1v) is 39.6. The van der Waals surface area contributed by atoms with Gasteiger partial charge in [0.1, 0.15) is 19.3 Å². The molecule has 0 saturated carbocycles. The maximum Gasteiger partial charge on any atom is 0.472 e. The molecule has 0 aliphatic heterocycles. The number of hydrogen-bond donors (Lipinski definition) is 3. The van der Waals surface area contributed by atoms with Gasteiger partial charge in [-0.15, -0.1) is 0 Å². The van der Waals surface area contributed by atoms with E-state index in [1.807, 2.05) is 0 Å². The summed E-state index contributed by atoms with van der Waals surface area (Å²) in [5.74, 6) is -1.34. The maximum atomic E-state index is 13.0. The molecular formula is C70H136O17P2. The van der Waals surface area contributed by atoms with E-state index >= 15 is 0 Å². The van der Waals surface area contributed by atoms with E-state index in [4.69, 9.17) is 37.0 Å². The fourth-order valence-corrected chi connectivity index (χ4v) is 12.2.